The van der Waals surface area contributed by atoms with Gasteiger partial charge in [0.25, 0.3) is 0 Å². The predicted molar refractivity (Wildman–Crippen MR) is 86.3 cm³/mol. The fraction of sp³-hybridized carbons (Fsp3) is 0.333. The summed E-state index contributed by atoms with van der Waals surface area (Å²) in [5.41, 5.74) is 1.13. The quantitative estimate of drug-likeness (QED) is 0.841. The molecule has 0 aliphatic heterocycles. The summed E-state index contributed by atoms with van der Waals surface area (Å²) in [5, 5.41) is 5.81. The maximum atomic E-state index is 12.2. The van der Waals surface area contributed by atoms with E-state index in [4.69, 9.17) is 11.6 Å². The summed E-state index contributed by atoms with van der Waals surface area (Å²) in [5.74, 6) is 0. The second kappa shape index (κ2) is 7.00. The standard InChI is InChI=1S/C15H18ClN3OS/c1-4-18(5-2)15(20)19-9-8-14(17-19)21-13-10-12(16)7-6-11(13)3/h6-10H,4-5H2,1-3H3. The topological polar surface area (TPSA) is 38.1 Å². The van der Waals surface area contributed by atoms with Gasteiger partial charge in [0.15, 0.2) is 0 Å². The molecule has 0 saturated carbocycles. The first-order valence-electron chi connectivity index (χ1n) is 6.84. The molecule has 0 unspecified atom stereocenters. The molecule has 0 fully saturated rings. The number of rotatable bonds is 4. The normalized spacial score (nSPS) is 10.7. The van der Waals surface area contributed by atoms with Gasteiger partial charge in [-0.25, -0.2) is 4.79 Å². The fourth-order valence-corrected chi connectivity index (χ4v) is 3.04. The van der Waals surface area contributed by atoms with E-state index in [0.717, 1.165) is 15.5 Å². The van der Waals surface area contributed by atoms with E-state index >= 15 is 0 Å². The zero-order valence-electron chi connectivity index (χ0n) is 12.3. The smallest absolute Gasteiger partial charge is 0.323 e. The zero-order chi connectivity index (χ0) is 15.4. The first-order valence-corrected chi connectivity index (χ1v) is 8.03. The highest BCUT2D eigenvalue weighted by atomic mass is 35.5. The SMILES string of the molecule is CCN(CC)C(=O)n1ccc(Sc2cc(Cl)ccc2C)n1. The van der Waals surface area contributed by atoms with Gasteiger partial charge in [0.05, 0.1) is 0 Å². The molecule has 0 bridgehead atoms. The third kappa shape index (κ3) is 3.80. The lowest BCUT2D eigenvalue weighted by Gasteiger charge is -2.17. The van der Waals surface area contributed by atoms with Crippen LogP contribution >= 0.6 is 23.4 Å². The van der Waals surface area contributed by atoms with Crippen molar-refractivity contribution in [2.24, 2.45) is 0 Å². The first-order chi connectivity index (χ1) is 10.0. The van der Waals surface area contributed by atoms with Crippen LogP contribution in [0.2, 0.25) is 5.02 Å². The van der Waals surface area contributed by atoms with Gasteiger partial charge in [-0.2, -0.15) is 9.78 Å². The molecule has 2 rings (SSSR count). The number of hydrogen-bond acceptors (Lipinski definition) is 3. The Morgan fingerprint density at radius 2 is 2.05 bits per heavy atom. The summed E-state index contributed by atoms with van der Waals surface area (Å²) in [6.45, 7) is 7.28. The summed E-state index contributed by atoms with van der Waals surface area (Å²) in [6.07, 6.45) is 1.70. The number of carbonyl (C=O) groups is 1. The highest BCUT2D eigenvalue weighted by Crippen LogP contribution is 2.31. The molecule has 21 heavy (non-hydrogen) atoms. The summed E-state index contributed by atoms with van der Waals surface area (Å²) in [7, 11) is 0. The molecular formula is C15H18ClN3OS. The number of aryl methyl sites for hydroxylation is 1. The lowest BCUT2D eigenvalue weighted by atomic mass is 10.2. The lowest BCUT2D eigenvalue weighted by molar-refractivity contribution is 0.201. The van der Waals surface area contributed by atoms with Gasteiger partial charge < -0.3 is 4.90 Å². The Hall–Kier alpha value is -1.46. The monoisotopic (exact) mass is 323 g/mol. The van der Waals surface area contributed by atoms with Crippen LogP contribution in [0.4, 0.5) is 4.79 Å². The van der Waals surface area contributed by atoms with Crippen molar-refractivity contribution in [2.45, 2.75) is 30.7 Å². The third-order valence-electron chi connectivity index (χ3n) is 3.16. The molecular weight excluding hydrogens is 306 g/mol. The number of amides is 1. The van der Waals surface area contributed by atoms with Gasteiger partial charge in [-0.15, -0.1) is 0 Å². The van der Waals surface area contributed by atoms with E-state index in [2.05, 4.69) is 5.10 Å². The maximum Gasteiger partial charge on any atom is 0.344 e. The Bertz CT molecular complexity index is 638. The minimum Gasteiger partial charge on any atom is -0.323 e. The van der Waals surface area contributed by atoms with Crippen LogP contribution in [0.5, 0.6) is 0 Å². The Balaban J connectivity index is 2.17. The molecule has 112 valence electrons. The Labute approximate surface area is 134 Å². The van der Waals surface area contributed by atoms with E-state index in [0.29, 0.717) is 18.1 Å². The van der Waals surface area contributed by atoms with E-state index in [-0.39, 0.29) is 6.03 Å². The van der Waals surface area contributed by atoms with Crippen LogP contribution in [-0.4, -0.2) is 33.8 Å². The minimum absolute atomic E-state index is 0.102. The summed E-state index contributed by atoms with van der Waals surface area (Å²) >= 11 is 7.52. The van der Waals surface area contributed by atoms with Gasteiger partial charge in [-0.3, -0.25) is 0 Å². The van der Waals surface area contributed by atoms with E-state index in [1.807, 2.05) is 45.0 Å². The molecule has 1 aromatic carbocycles. The molecule has 4 nitrogen and oxygen atoms in total. The van der Waals surface area contributed by atoms with Crippen molar-refractivity contribution in [1.82, 2.24) is 14.7 Å². The predicted octanol–water partition coefficient (Wildman–Crippen LogP) is 4.31. The minimum atomic E-state index is -0.102. The molecule has 0 aliphatic rings. The van der Waals surface area contributed by atoms with Crippen LogP contribution in [0.25, 0.3) is 0 Å². The fourth-order valence-electron chi connectivity index (χ4n) is 1.90. The largest absolute Gasteiger partial charge is 0.344 e. The average molecular weight is 324 g/mol. The van der Waals surface area contributed by atoms with Crippen LogP contribution in [0, 0.1) is 6.92 Å². The third-order valence-corrected chi connectivity index (χ3v) is 4.48. The van der Waals surface area contributed by atoms with Crippen molar-refractivity contribution in [2.75, 3.05) is 13.1 Å². The van der Waals surface area contributed by atoms with Gasteiger partial charge in [-0.05, 0) is 44.5 Å². The Morgan fingerprint density at radius 1 is 1.33 bits per heavy atom. The van der Waals surface area contributed by atoms with Gasteiger partial charge >= 0.3 is 6.03 Å². The Morgan fingerprint density at radius 3 is 2.71 bits per heavy atom. The second-order valence-electron chi connectivity index (χ2n) is 4.57. The van der Waals surface area contributed by atoms with E-state index < -0.39 is 0 Å². The van der Waals surface area contributed by atoms with Crippen LogP contribution in [0.1, 0.15) is 19.4 Å². The van der Waals surface area contributed by atoms with Crippen molar-refractivity contribution >= 4 is 29.4 Å². The number of carbonyl (C=O) groups excluding carboxylic acids is 1. The molecule has 0 radical (unpaired) electrons. The summed E-state index contributed by atoms with van der Waals surface area (Å²) in [4.78, 5) is 15.0. The zero-order valence-corrected chi connectivity index (χ0v) is 13.9. The van der Waals surface area contributed by atoms with E-state index in [1.54, 1.807) is 11.1 Å². The van der Waals surface area contributed by atoms with Gasteiger partial charge in [0, 0.05) is 29.2 Å². The Kier molecular flexibility index (Phi) is 5.31. The maximum absolute atomic E-state index is 12.2. The molecule has 0 spiro atoms. The van der Waals surface area contributed by atoms with Crippen molar-refractivity contribution in [3.05, 3.63) is 41.0 Å². The van der Waals surface area contributed by atoms with Crippen molar-refractivity contribution in [1.29, 1.82) is 0 Å². The highest BCUT2D eigenvalue weighted by molar-refractivity contribution is 7.99. The lowest BCUT2D eigenvalue weighted by Crippen LogP contribution is -2.34. The number of aromatic nitrogens is 2. The van der Waals surface area contributed by atoms with Gasteiger partial charge in [-0.1, -0.05) is 29.4 Å². The summed E-state index contributed by atoms with van der Waals surface area (Å²) in [6, 6.07) is 7.49. The molecule has 1 heterocycles. The number of nitrogens with zero attached hydrogens (tertiary/aromatic N) is 3. The number of benzene rings is 1. The second-order valence-corrected chi connectivity index (χ2v) is 6.06. The van der Waals surface area contributed by atoms with E-state index in [1.165, 1.54) is 16.4 Å². The van der Waals surface area contributed by atoms with E-state index in [9.17, 15) is 4.79 Å². The molecule has 2 aromatic rings. The molecule has 6 heteroatoms. The van der Waals surface area contributed by atoms with Crippen LogP contribution in [-0.2, 0) is 0 Å². The highest BCUT2D eigenvalue weighted by Gasteiger charge is 2.14. The first kappa shape index (κ1) is 15.9. The van der Waals surface area contributed by atoms with Crippen LogP contribution in [0.3, 0.4) is 0 Å². The van der Waals surface area contributed by atoms with Crippen LogP contribution in [0.15, 0.2) is 40.4 Å². The molecule has 0 aliphatic carbocycles. The molecule has 0 atom stereocenters. The average Bonchev–Trinajstić information content (AvgIpc) is 2.92. The molecule has 1 aromatic heterocycles. The van der Waals surface area contributed by atoms with Crippen molar-refractivity contribution in [3.8, 4) is 0 Å². The van der Waals surface area contributed by atoms with Gasteiger partial charge in [0.2, 0.25) is 0 Å². The van der Waals surface area contributed by atoms with Crippen LogP contribution < -0.4 is 0 Å². The number of halogens is 1. The van der Waals surface area contributed by atoms with Crippen molar-refractivity contribution in [3.63, 3.8) is 0 Å². The molecule has 1 amide bonds. The molecule has 0 saturated heterocycles. The number of hydrogen-bond donors (Lipinski definition) is 0. The summed E-state index contributed by atoms with van der Waals surface area (Å²) < 4.78 is 1.38. The van der Waals surface area contributed by atoms with Gasteiger partial charge in [0.1, 0.15) is 5.03 Å². The van der Waals surface area contributed by atoms with Crippen molar-refractivity contribution < 1.29 is 4.79 Å². The molecule has 0 N–H and O–H groups in total.